The molecule has 2 rings (SSSR count). The molecule has 2 aromatic rings. The van der Waals surface area contributed by atoms with Gasteiger partial charge < -0.3 is 10.7 Å². The van der Waals surface area contributed by atoms with Crippen LogP contribution in [0.15, 0.2) is 23.0 Å². The van der Waals surface area contributed by atoms with Gasteiger partial charge in [0.25, 0.3) is 5.56 Å². The van der Waals surface area contributed by atoms with Gasteiger partial charge in [0.1, 0.15) is 17.0 Å². The quantitative estimate of drug-likeness (QED) is 0.903. The maximum Gasteiger partial charge on any atom is 0.283 e. The molecule has 5 nitrogen and oxygen atoms in total. The number of benzene rings is 1. The third-order valence-electron chi connectivity index (χ3n) is 3.02. The van der Waals surface area contributed by atoms with Gasteiger partial charge in [-0.05, 0) is 18.6 Å². The summed E-state index contributed by atoms with van der Waals surface area (Å²) in [6, 6.07) is 4.03. The zero-order chi connectivity index (χ0) is 14.2. The van der Waals surface area contributed by atoms with E-state index in [-0.39, 0.29) is 11.4 Å². The molecule has 0 saturated carbocycles. The van der Waals surface area contributed by atoms with Crippen molar-refractivity contribution in [1.82, 2.24) is 9.66 Å². The number of hydrogen-bond acceptors (Lipinski definition) is 4. The molecular weight excluding hydrogens is 247 g/mol. The van der Waals surface area contributed by atoms with Crippen molar-refractivity contribution in [1.29, 1.82) is 0 Å². The van der Waals surface area contributed by atoms with E-state index in [1.165, 1.54) is 16.8 Å². The maximum absolute atomic E-state index is 13.8. The van der Waals surface area contributed by atoms with Crippen molar-refractivity contribution in [2.24, 2.45) is 5.73 Å². The zero-order valence-corrected chi connectivity index (χ0v) is 11.2. The molecule has 2 N–H and O–H groups in total. The van der Waals surface area contributed by atoms with Crippen LogP contribution >= 0.6 is 0 Å². The Kier molecular flexibility index (Phi) is 3.53. The van der Waals surface area contributed by atoms with E-state index in [1.54, 1.807) is 25.2 Å². The predicted octanol–water partition coefficient (Wildman–Crippen LogP) is 1.14. The molecule has 102 valence electrons. The molecule has 0 saturated heterocycles. The minimum absolute atomic E-state index is 0.0109. The smallest absolute Gasteiger partial charge is 0.283 e. The van der Waals surface area contributed by atoms with Crippen molar-refractivity contribution in [2.45, 2.75) is 19.4 Å². The fourth-order valence-electron chi connectivity index (χ4n) is 2.01. The summed E-state index contributed by atoms with van der Waals surface area (Å²) in [5.41, 5.74) is 5.89. The van der Waals surface area contributed by atoms with Gasteiger partial charge in [0.2, 0.25) is 0 Å². The van der Waals surface area contributed by atoms with Crippen LogP contribution in [0.25, 0.3) is 10.9 Å². The van der Waals surface area contributed by atoms with Crippen molar-refractivity contribution < 1.29 is 4.39 Å². The second-order valence-electron chi connectivity index (χ2n) is 4.58. The third-order valence-corrected chi connectivity index (χ3v) is 3.02. The minimum atomic E-state index is -0.567. The van der Waals surface area contributed by atoms with E-state index >= 15 is 0 Å². The Labute approximate surface area is 110 Å². The van der Waals surface area contributed by atoms with E-state index in [9.17, 15) is 9.18 Å². The number of rotatable bonds is 3. The molecule has 1 atom stereocenters. The average molecular weight is 264 g/mol. The predicted molar refractivity (Wildman–Crippen MR) is 73.2 cm³/mol. The number of nitrogens with two attached hydrogens (primary N) is 1. The molecule has 0 radical (unpaired) electrons. The minimum Gasteiger partial charge on any atom is -0.321 e. The van der Waals surface area contributed by atoms with Crippen LogP contribution in [0.3, 0.4) is 0 Å². The highest BCUT2D eigenvalue weighted by molar-refractivity contribution is 5.78. The van der Waals surface area contributed by atoms with Crippen molar-refractivity contribution in [3.63, 3.8) is 0 Å². The van der Waals surface area contributed by atoms with Crippen LogP contribution in [0.2, 0.25) is 0 Å². The van der Waals surface area contributed by atoms with Gasteiger partial charge in [-0.1, -0.05) is 13.0 Å². The maximum atomic E-state index is 13.8. The lowest BCUT2D eigenvalue weighted by Crippen LogP contribution is -2.41. The standard InChI is InChI=1S/C13H17FN4O/c1-4-9(15)12-16-10-7-5-6-8(14)11(10)13(19)18(12)17(2)3/h5-7,9H,4,15H2,1-3H3/t9-/m0/s1. The Hall–Kier alpha value is -1.95. The van der Waals surface area contributed by atoms with Gasteiger partial charge in [-0.3, -0.25) is 4.79 Å². The fraction of sp³-hybridized carbons (Fsp3) is 0.385. The van der Waals surface area contributed by atoms with Gasteiger partial charge in [-0.25, -0.2) is 14.1 Å². The van der Waals surface area contributed by atoms with Gasteiger partial charge in [0, 0.05) is 14.1 Å². The molecule has 6 heteroatoms. The van der Waals surface area contributed by atoms with Crippen molar-refractivity contribution in [3.05, 3.63) is 40.2 Å². The van der Waals surface area contributed by atoms with Crippen molar-refractivity contribution in [3.8, 4) is 0 Å². The van der Waals surface area contributed by atoms with Gasteiger partial charge in [-0.15, -0.1) is 0 Å². The first-order valence-corrected chi connectivity index (χ1v) is 6.11. The fourth-order valence-corrected chi connectivity index (χ4v) is 2.01. The molecule has 0 unspecified atom stereocenters. The van der Waals surface area contributed by atoms with Crippen LogP contribution in [-0.4, -0.2) is 23.8 Å². The van der Waals surface area contributed by atoms with Crippen LogP contribution in [-0.2, 0) is 0 Å². The Bertz CT molecular complexity index is 665. The molecule has 0 amide bonds. The second kappa shape index (κ2) is 4.97. The van der Waals surface area contributed by atoms with E-state index in [4.69, 9.17) is 5.73 Å². The van der Waals surface area contributed by atoms with E-state index in [1.807, 2.05) is 6.92 Å². The summed E-state index contributed by atoms with van der Waals surface area (Å²) in [6.45, 7) is 1.91. The van der Waals surface area contributed by atoms with Crippen molar-refractivity contribution in [2.75, 3.05) is 19.1 Å². The summed E-state index contributed by atoms with van der Waals surface area (Å²) in [5.74, 6) is -0.127. The molecular formula is C13H17FN4O. The topological polar surface area (TPSA) is 64.1 Å². The van der Waals surface area contributed by atoms with Crippen LogP contribution in [0, 0.1) is 5.82 Å². The lowest BCUT2D eigenvalue weighted by Gasteiger charge is -2.23. The van der Waals surface area contributed by atoms with E-state index in [2.05, 4.69) is 4.98 Å². The first kappa shape index (κ1) is 13.5. The number of nitrogens with zero attached hydrogens (tertiary/aromatic N) is 3. The first-order chi connectivity index (χ1) is 8.97. The SMILES string of the molecule is CC[C@H](N)c1nc2cccc(F)c2c(=O)n1N(C)C. The monoisotopic (exact) mass is 264 g/mol. The van der Waals surface area contributed by atoms with Crippen LogP contribution in [0.5, 0.6) is 0 Å². The highest BCUT2D eigenvalue weighted by Crippen LogP contribution is 2.16. The highest BCUT2D eigenvalue weighted by atomic mass is 19.1. The van der Waals surface area contributed by atoms with Gasteiger partial charge in [-0.2, -0.15) is 0 Å². The largest absolute Gasteiger partial charge is 0.321 e. The molecule has 0 aliphatic carbocycles. The van der Waals surface area contributed by atoms with Gasteiger partial charge >= 0.3 is 0 Å². The Morgan fingerprint density at radius 3 is 2.74 bits per heavy atom. The molecule has 1 aromatic heterocycles. The van der Waals surface area contributed by atoms with Gasteiger partial charge in [0.05, 0.1) is 11.6 Å². The second-order valence-corrected chi connectivity index (χ2v) is 4.58. The Balaban J connectivity index is 2.90. The number of fused-ring (bicyclic) bond motifs is 1. The molecule has 0 aliphatic heterocycles. The number of hydrogen-bond donors (Lipinski definition) is 1. The highest BCUT2D eigenvalue weighted by Gasteiger charge is 2.18. The molecule has 0 spiro atoms. The van der Waals surface area contributed by atoms with E-state index < -0.39 is 11.4 Å². The summed E-state index contributed by atoms with van der Waals surface area (Å²) >= 11 is 0. The Morgan fingerprint density at radius 1 is 1.47 bits per heavy atom. The zero-order valence-electron chi connectivity index (χ0n) is 11.2. The summed E-state index contributed by atoms with van der Waals surface area (Å²) < 4.78 is 15.1. The molecule has 1 heterocycles. The lowest BCUT2D eigenvalue weighted by molar-refractivity contribution is 0.555. The Morgan fingerprint density at radius 2 is 2.16 bits per heavy atom. The van der Waals surface area contributed by atoms with Gasteiger partial charge in [0.15, 0.2) is 0 Å². The van der Waals surface area contributed by atoms with Crippen LogP contribution < -0.4 is 16.3 Å². The number of aromatic nitrogens is 2. The van der Waals surface area contributed by atoms with E-state index in [0.717, 1.165) is 0 Å². The van der Waals surface area contributed by atoms with E-state index in [0.29, 0.717) is 17.8 Å². The summed E-state index contributed by atoms with van der Waals surface area (Å²) in [6.07, 6.45) is 0.640. The molecule has 0 aliphatic rings. The lowest BCUT2D eigenvalue weighted by atomic mass is 10.2. The average Bonchev–Trinajstić information content (AvgIpc) is 2.36. The molecule has 0 fully saturated rings. The number of halogens is 1. The van der Waals surface area contributed by atoms with Crippen LogP contribution in [0.4, 0.5) is 4.39 Å². The molecule has 0 bridgehead atoms. The molecule has 19 heavy (non-hydrogen) atoms. The molecule has 1 aromatic carbocycles. The summed E-state index contributed by atoms with van der Waals surface area (Å²) in [7, 11) is 3.39. The third kappa shape index (κ3) is 2.19. The summed E-state index contributed by atoms with van der Waals surface area (Å²) in [5, 5.41) is 1.55. The first-order valence-electron chi connectivity index (χ1n) is 6.11. The summed E-state index contributed by atoms with van der Waals surface area (Å²) in [4.78, 5) is 16.8. The van der Waals surface area contributed by atoms with Crippen molar-refractivity contribution >= 4 is 10.9 Å². The van der Waals surface area contributed by atoms with Crippen LogP contribution in [0.1, 0.15) is 25.2 Å². The normalized spacial score (nSPS) is 12.7.